The minimum Gasteiger partial charge on any atom is -0.335 e. The summed E-state index contributed by atoms with van der Waals surface area (Å²) in [7, 11) is 0. The number of aromatic nitrogens is 1. The lowest BCUT2D eigenvalue weighted by Gasteiger charge is -2.11. The van der Waals surface area contributed by atoms with Crippen molar-refractivity contribution in [3.05, 3.63) is 42.2 Å². The third-order valence-electron chi connectivity index (χ3n) is 3.41. The smallest absolute Gasteiger partial charge is 0.271 e. The molecule has 94 valence electrons. The monoisotopic (exact) mass is 251 g/mol. The minimum absolute atomic E-state index is 0.268. The summed E-state index contributed by atoms with van der Waals surface area (Å²) in [5.41, 5.74) is 0.388. The fourth-order valence-electron chi connectivity index (χ4n) is 2.20. The average molecular weight is 251 g/mol. The maximum atomic E-state index is 12.2. The molecule has 3 rings (SSSR count). The van der Waals surface area contributed by atoms with Gasteiger partial charge < -0.3 is 5.32 Å². The number of nitrogens with zero attached hydrogens (tertiary/aromatic N) is 2. The normalized spacial score (nSPS) is 15.7. The molecule has 0 spiro atoms. The highest BCUT2D eigenvalue weighted by atomic mass is 16.1. The fraction of sp³-hybridized carbons (Fsp3) is 0.267. The molecular weight excluding hydrogens is 238 g/mol. The number of fused-ring (bicyclic) bond motifs is 1. The molecule has 4 nitrogen and oxygen atoms in total. The van der Waals surface area contributed by atoms with Gasteiger partial charge in [-0.05, 0) is 30.2 Å². The van der Waals surface area contributed by atoms with Gasteiger partial charge >= 0.3 is 0 Å². The largest absolute Gasteiger partial charge is 0.335 e. The van der Waals surface area contributed by atoms with Gasteiger partial charge in [0.2, 0.25) is 0 Å². The number of hydrogen-bond acceptors (Lipinski definition) is 3. The zero-order valence-corrected chi connectivity index (χ0v) is 10.3. The van der Waals surface area contributed by atoms with Crippen LogP contribution in [0.15, 0.2) is 36.5 Å². The molecule has 2 aromatic rings. The fourth-order valence-corrected chi connectivity index (χ4v) is 2.20. The van der Waals surface area contributed by atoms with E-state index in [1.165, 1.54) is 0 Å². The molecule has 1 atom stereocenters. The van der Waals surface area contributed by atoms with Crippen molar-refractivity contribution >= 4 is 16.7 Å². The number of amides is 1. The SMILES string of the molecule is N#CC(NC(=O)c1nccc2ccccc12)C1CC1. The van der Waals surface area contributed by atoms with Crippen molar-refractivity contribution in [1.29, 1.82) is 5.26 Å². The maximum absolute atomic E-state index is 12.2. The predicted molar refractivity (Wildman–Crippen MR) is 71.3 cm³/mol. The van der Waals surface area contributed by atoms with Crippen LogP contribution in [0, 0.1) is 17.2 Å². The van der Waals surface area contributed by atoms with E-state index in [2.05, 4.69) is 16.4 Å². The topological polar surface area (TPSA) is 65.8 Å². The molecule has 1 aromatic carbocycles. The first-order valence-electron chi connectivity index (χ1n) is 6.34. The number of benzene rings is 1. The lowest BCUT2D eigenvalue weighted by molar-refractivity contribution is 0.0938. The van der Waals surface area contributed by atoms with Crippen molar-refractivity contribution in [2.75, 3.05) is 0 Å². The maximum Gasteiger partial charge on any atom is 0.271 e. The minimum atomic E-state index is -0.395. The lowest BCUT2D eigenvalue weighted by Crippen LogP contribution is -2.35. The lowest BCUT2D eigenvalue weighted by atomic mass is 10.1. The Kier molecular flexibility index (Phi) is 2.88. The van der Waals surface area contributed by atoms with E-state index in [1.807, 2.05) is 30.3 Å². The molecule has 1 saturated carbocycles. The van der Waals surface area contributed by atoms with E-state index >= 15 is 0 Å². The van der Waals surface area contributed by atoms with Gasteiger partial charge in [-0.25, -0.2) is 0 Å². The number of carbonyl (C=O) groups excluding carboxylic acids is 1. The molecule has 1 fully saturated rings. The molecule has 0 saturated heterocycles. The molecular formula is C15H13N3O. The van der Waals surface area contributed by atoms with E-state index in [-0.39, 0.29) is 5.91 Å². The van der Waals surface area contributed by atoms with Crippen molar-refractivity contribution in [3.63, 3.8) is 0 Å². The Morgan fingerprint density at radius 1 is 1.37 bits per heavy atom. The molecule has 1 aliphatic rings. The summed E-state index contributed by atoms with van der Waals surface area (Å²) in [4.78, 5) is 16.4. The van der Waals surface area contributed by atoms with Crippen LogP contribution in [-0.4, -0.2) is 16.9 Å². The molecule has 0 aliphatic heterocycles. The van der Waals surface area contributed by atoms with Crippen LogP contribution in [0.3, 0.4) is 0 Å². The molecule has 1 N–H and O–H groups in total. The van der Waals surface area contributed by atoms with Gasteiger partial charge in [-0.2, -0.15) is 5.26 Å². The van der Waals surface area contributed by atoms with E-state index in [0.29, 0.717) is 11.6 Å². The highest BCUT2D eigenvalue weighted by Gasteiger charge is 2.32. The quantitative estimate of drug-likeness (QED) is 0.910. The van der Waals surface area contributed by atoms with Crippen LogP contribution in [0.2, 0.25) is 0 Å². The van der Waals surface area contributed by atoms with Crippen molar-refractivity contribution in [2.24, 2.45) is 5.92 Å². The zero-order chi connectivity index (χ0) is 13.2. The summed E-state index contributed by atoms with van der Waals surface area (Å²) >= 11 is 0. The molecule has 1 unspecified atom stereocenters. The Labute approximate surface area is 111 Å². The summed E-state index contributed by atoms with van der Waals surface area (Å²) in [6.45, 7) is 0. The Hall–Kier alpha value is -2.41. The first-order valence-corrected chi connectivity index (χ1v) is 6.34. The molecule has 0 bridgehead atoms. The first kappa shape index (κ1) is 11.7. The zero-order valence-electron chi connectivity index (χ0n) is 10.3. The third-order valence-corrected chi connectivity index (χ3v) is 3.41. The number of carbonyl (C=O) groups is 1. The Bertz CT molecular complexity index is 665. The van der Waals surface area contributed by atoms with Crippen LogP contribution in [0.4, 0.5) is 0 Å². The number of pyridine rings is 1. The van der Waals surface area contributed by atoms with Crippen LogP contribution in [0.25, 0.3) is 10.8 Å². The second-order valence-corrected chi connectivity index (χ2v) is 4.80. The van der Waals surface area contributed by atoms with Crippen molar-refractivity contribution in [2.45, 2.75) is 18.9 Å². The molecule has 19 heavy (non-hydrogen) atoms. The number of hydrogen-bond donors (Lipinski definition) is 1. The van der Waals surface area contributed by atoms with Gasteiger partial charge in [-0.1, -0.05) is 24.3 Å². The van der Waals surface area contributed by atoms with Gasteiger partial charge in [0, 0.05) is 11.6 Å². The summed E-state index contributed by atoms with van der Waals surface area (Å²) in [5.74, 6) is 0.0409. The second kappa shape index (κ2) is 4.69. The molecule has 1 heterocycles. The Morgan fingerprint density at radius 3 is 2.89 bits per heavy atom. The standard InChI is InChI=1S/C15H13N3O/c16-9-13(11-5-6-11)18-15(19)14-12-4-2-1-3-10(12)7-8-17-14/h1-4,7-8,11,13H,5-6H2,(H,18,19). The highest BCUT2D eigenvalue weighted by molar-refractivity contribution is 6.05. The van der Waals surface area contributed by atoms with E-state index in [0.717, 1.165) is 23.6 Å². The Balaban J connectivity index is 1.91. The summed E-state index contributed by atoms with van der Waals surface area (Å²) in [5, 5.41) is 13.6. The van der Waals surface area contributed by atoms with E-state index < -0.39 is 6.04 Å². The summed E-state index contributed by atoms with van der Waals surface area (Å²) in [6.07, 6.45) is 3.65. The number of nitriles is 1. The summed E-state index contributed by atoms with van der Waals surface area (Å²) in [6, 6.07) is 11.2. The van der Waals surface area contributed by atoms with Crippen LogP contribution < -0.4 is 5.32 Å². The van der Waals surface area contributed by atoms with E-state index in [1.54, 1.807) is 6.20 Å². The number of rotatable bonds is 3. The predicted octanol–water partition coefficient (Wildman–Crippen LogP) is 2.27. The van der Waals surface area contributed by atoms with E-state index in [9.17, 15) is 4.79 Å². The Morgan fingerprint density at radius 2 is 2.16 bits per heavy atom. The van der Waals surface area contributed by atoms with Gasteiger partial charge in [0.15, 0.2) is 0 Å². The van der Waals surface area contributed by atoms with Gasteiger partial charge in [0.05, 0.1) is 6.07 Å². The molecule has 4 heteroatoms. The molecule has 1 amide bonds. The van der Waals surface area contributed by atoms with Crippen LogP contribution in [-0.2, 0) is 0 Å². The number of nitrogens with one attached hydrogen (secondary N) is 1. The highest BCUT2D eigenvalue weighted by Crippen LogP contribution is 2.32. The van der Waals surface area contributed by atoms with Crippen LogP contribution in [0.1, 0.15) is 23.3 Å². The van der Waals surface area contributed by atoms with Crippen molar-refractivity contribution in [3.8, 4) is 6.07 Å². The first-order chi connectivity index (χ1) is 9.29. The van der Waals surface area contributed by atoms with Crippen molar-refractivity contribution in [1.82, 2.24) is 10.3 Å². The van der Waals surface area contributed by atoms with Crippen LogP contribution >= 0.6 is 0 Å². The summed E-state index contributed by atoms with van der Waals surface area (Å²) < 4.78 is 0. The molecule has 1 aromatic heterocycles. The van der Waals surface area contributed by atoms with Gasteiger partial charge in [-0.3, -0.25) is 9.78 Å². The van der Waals surface area contributed by atoms with Gasteiger partial charge in [0.1, 0.15) is 11.7 Å². The van der Waals surface area contributed by atoms with Gasteiger partial charge in [-0.15, -0.1) is 0 Å². The third kappa shape index (κ3) is 2.27. The molecule has 1 aliphatic carbocycles. The average Bonchev–Trinajstić information content (AvgIpc) is 3.28. The van der Waals surface area contributed by atoms with Crippen molar-refractivity contribution < 1.29 is 4.79 Å². The van der Waals surface area contributed by atoms with Gasteiger partial charge in [0.25, 0.3) is 5.91 Å². The second-order valence-electron chi connectivity index (χ2n) is 4.80. The van der Waals surface area contributed by atoms with Crippen LogP contribution in [0.5, 0.6) is 0 Å². The molecule has 0 radical (unpaired) electrons. The van der Waals surface area contributed by atoms with E-state index in [4.69, 9.17) is 5.26 Å².